The Morgan fingerprint density at radius 2 is 1.86 bits per heavy atom. The first-order valence-electron chi connectivity index (χ1n) is 10.5. The Kier molecular flexibility index (Phi) is 5.95. The third kappa shape index (κ3) is 4.20. The summed E-state index contributed by atoms with van der Waals surface area (Å²) < 4.78 is 68.1. The van der Waals surface area contributed by atoms with E-state index in [1.54, 1.807) is 0 Å². The van der Waals surface area contributed by atoms with Crippen LogP contribution < -0.4 is 15.5 Å². The van der Waals surface area contributed by atoms with Gasteiger partial charge in [-0.3, -0.25) is 9.69 Å². The van der Waals surface area contributed by atoms with E-state index in [0.29, 0.717) is 46.9 Å². The molecule has 0 fully saturated rings. The van der Waals surface area contributed by atoms with E-state index in [9.17, 15) is 31.5 Å². The number of carbonyl (C=O) groups is 2. The van der Waals surface area contributed by atoms with Gasteiger partial charge in [-0.1, -0.05) is 27.5 Å². The molecular formula is C24H14BrClF5N3O2. The molecule has 186 valence electrons. The van der Waals surface area contributed by atoms with Gasteiger partial charge in [0.1, 0.15) is 11.6 Å². The Morgan fingerprint density at radius 3 is 2.58 bits per heavy atom. The van der Waals surface area contributed by atoms with Gasteiger partial charge in [-0.15, -0.1) is 0 Å². The smallest absolute Gasteiger partial charge is 0.327 e. The molecule has 0 spiro atoms. The Bertz CT molecular complexity index is 1450. The van der Waals surface area contributed by atoms with Gasteiger partial charge in [0.2, 0.25) is 0 Å². The van der Waals surface area contributed by atoms with Crippen molar-refractivity contribution in [3.8, 4) is 0 Å². The van der Waals surface area contributed by atoms with Crippen molar-refractivity contribution in [3.05, 3.63) is 91.4 Å². The minimum atomic E-state index is -4.86. The molecule has 36 heavy (non-hydrogen) atoms. The van der Waals surface area contributed by atoms with E-state index in [4.69, 9.17) is 11.6 Å². The molecule has 2 aliphatic heterocycles. The molecule has 5 rings (SSSR count). The number of urea groups is 1. The van der Waals surface area contributed by atoms with Crippen LogP contribution in [0.15, 0.2) is 46.9 Å². The van der Waals surface area contributed by atoms with Gasteiger partial charge in [-0.05, 0) is 54.4 Å². The molecule has 3 aromatic rings. The minimum absolute atomic E-state index is 0.126. The largest absolute Gasteiger partial charge is 0.416 e. The van der Waals surface area contributed by atoms with Gasteiger partial charge < -0.3 is 10.6 Å². The van der Waals surface area contributed by atoms with Gasteiger partial charge in [0.15, 0.2) is 0 Å². The fourth-order valence-corrected chi connectivity index (χ4v) is 5.34. The highest BCUT2D eigenvalue weighted by Crippen LogP contribution is 2.49. The fourth-order valence-electron chi connectivity index (χ4n) is 4.50. The monoisotopic (exact) mass is 585 g/mol. The zero-order valence-electron chi connectivity index (χ0n) is 17.9. The van der Waals surface area contributed by atoms with E-state index in [1.807, 2.05) is 0 Å². The lowest BCUT2D eigenvalue weighted by molar-refractivity contribution is -0.137. The maximum absolute atomic E-state index is 14.1. The number of amides is 3. The first kappa shape index (κ1) is 24.5. The normalized spacial score (nSPS) is 16.6. The molecule has 12 heteroatoms. The molecule has 2 heterocycles. The molecule has 2 aliphatic rings. The number of hydrogen-bond acceptors (Lipinski definition) is 2. The number of halogens is 7. The van der Waals surface area contributed by atoms with Crippen LogP contribution in [0.1, 0.15) is 38.7 Å². The minimum Gasteiger partial charge on any atom is -0.327 e. The highest BCUT2D eigenvalue weighted by atomic mass is 79.9. The van der Waals surface area contributed by atoms with Crippen LogP contribution in [0, 0.1) is 11.6 Å². The number of anilines is 2. The fraction of sp³-hybridized carbons (Fsp3) is 0.167. The maximum atomic E-state index is 14.1. The first-order valence-corrected chi connectivity index (χ1v) is 11.7. The van der Waals surface area contributed by atoms with Gasteiger partial charge in [0, 0.05) is 38.4 Å². The van der Waals surface area contributed by atoms with Crippen molar-refractivity contribution < 1.29 is 31.5 Å². The van der Waals surface area contributed by atoms with Crippen LogP contribution in [0.2, 0.25) is 5.02 Å². The maximum Gasteiger partial charge on any atom is 0.416 e. The molecule has 0 radical (unpaired) electrons. The summed E-state index contributed by atoms with van der Waals surface area (Å²) in [7, 11) is 0. The molecule has 0 bridgehead atoms. The number of hydrogen-bond donors (Lipinski definition) is 2. The number of benzene rings is 3. The van der Waals surface area contributed by atoms with Crippen LogP contribution in [0.25, 0.3) is 0 Å². The predicted octanol–water partition coefficient (Wildman–Crippen LogP) is 6.83. The van der Waals surface area contributed by atoms with Crippen molar-refractivity contribution in [2.75, 3.05) is 16.8 Å². The third-order valence-corrected chi connectivity index (χ3v) is 7.10. The number of nitrogens with one attached hydrogen (secondary N) is 2. The lowest BCUT2D eigenvalue weighted by Crippen LogP contribution is -2.46. The highest BCUT2D eigenvalue weighted by molar-refractivity contribution is 9.10. The van der Waals surface area contributed by atoms with Crippen LogP contribution >= 0.6 is 27.5 Å². The molecule has 3 aromatic carbocycles. The van der Waals surface area contributed by atoms with Crippen LogP contribution in [0.3, 0.4) is 0 Å². The standard InChI is InChI=1S/C24H14BrClF5N3O2/c25-16-9-18(32-22(35)10-5-11(24(29,30)31)7-13(28)6-10)19-20(15-8-12(27)1-2-17(15)26)33-23(36)34-4-3-14(16)21(19)34/h1-2,5-9,20H,3-4H2,(H,32,35)(H,33,36)/t20-/m0/s1. The lowest BCUT2D eigenvalue weighted by Gasteiger charge is -2.35. The van der Waals surface area contributed by atoms with Crippen LogP contribution in [-0.4, -0.2) is 18.5 Å². The number of alkyl halides is 3. The summed E-state index contributed by atoms with van der Waals surface area (Å²) in [6.07, 6.45) is -4.36. The second-order valence-electron chi connectivity index (χ2n) is 8.28. The van der Waals surface area contributed by atoms with Crippen LogP contribution in [0.5, 0.6) is 0 Å². The second-order valence-corrected chi connectivity index (χ2v) is 9.54. The van der Waals surface area contributed by atoms with E-state index >= 15 is 0 Å². The second kappa shape index (κ2) is 8.74. The van der Waals surface area contributed by atoms with Gasteiger partial charge in [-0.2, -0.15) is 13.2 Å². The molecule has 0 aromatic heterocycles. The van der Waals surface area contributed by atoms with E-state index in [2.05, 4.69) is 26.6 Å². The first-order chi connectivity index (χ1) is 16.9. The van der Waals surface area contributed by atoms with E-state index in [0.717, 1.165) is 17.7 Å². The van der Waals surface area contributed by atoms with E-state index < -0.39 is 46.9 Å². The Balaban J connectivity index is 1.65. The number of rotatable bonds is 3. The molecular weight excluding hydrogens is 573 g/mol. The van der Waals surface area contributed by atoms with Crippen LogP contribution in [0.4, 0.5) is 38.1 Å². The van der Waals surface area contributed by atoms with E-state index in [-0.39, 0.29) is 16.3 Å². The zero-order chi connectivity index (χ0) is 25.9. The van der Waals surface area contributed by atoms with Gasteiger partial charge in [0.05, 0.1) is 17.3 Å². The average Bonchev–Trinajstić information content (AvgIpc) is 3.25. The summed E-state index contributed by atoms with van der Waals surface area (Å²) in [5.41, 5.74) is 0.0978. The summed E-state index contributed by atoms with van der Waals surface area (Å²) in [6, 6.07) is 5.26. The summed E-state index contributed by atoms with van der Waals surface area (Å²) in [4.78, 5) is 27.3. The molecule has 0 aliphatic carbocycles. The number of carbonyl (C=O) groups excluding carboxylic acids is 2. The molecule has 0 unspecified atom stereocenters. The Morgan fingerprint density at radius 1 is 1.11 bits per heavy atom. The molecule has 2 N–H and O–H groups in total. The van der Waals surface area contributed by atoms with Crippen molar-refractivity contribution in [2.45, 2.75) is 18.6 Å². The van der Waals surface area contributed by atoms with Gasteiger partial charge in [0.25, 0.3) is 5.91 Å². The molecule has 3 amide bonds. The highest BCUT2D eigenvalue weighted by Gasteiger charge is 2.40. The Labute approximate surface area is 214 Å². The predicted molar refractivity (Wildman–Crippen MR) is 126 cm³/mol. The quantitative estimate of drug-likeness (QED) is 0.331. The van der Waals surface area contributed by atoms with Crippen molar-refractivity contribution >= 4 is 50.8 Å². The van der Waals surface area contributed by atoms with Crippen molar-refractivity contribution in [1.82, 2.24) is 5.32 Å². The molecule has 0 saturated carbocycles. The molecule has 5 nitrogen and oxygen atoms in total. The topological polar surface area (TPSA) is 61.4 Å². The van der Waals surface area contributed by atoms with Crippen molar-refractivity contribution in [3.63, 3.8) is 0 Å². The lowest BCUT2D eigenvalue weighted by atomic mass is 9.91. The average molecular weight is 587 g/mol. The summed E-state index contributed by atoms with van der Waals surface area (Å²) in [6.45, 7) is 0.340. The van der Waals surface area contributed by atoms with Crippen LogP contribution in [-0.2, 0) is 12.6 Å². The van der Waals surface area contributed by atoms with Gasteiger partial charge >= 0.3 is 12.2 Å². The van der Waals surface area contributed by atoms with Crippen molar-refractivity contribution in [1.29, 1.82) is 0 Å². The molecule has 1 atom stereocenters. The number of nitrogens with zero attached hydrogens (tertiary/aromatic N) is 1. The SMILES string of the molecule is O=C(Nc1cc(Br)c2c3c1[C@H](c1cc(F)ccc1Cl)NC(=O)N3CC2)c1cc(F)cc(C(F)(F)F)c1. The zero-order valence-corrected chi connectivity index (χ0v) is 20.3. The summed E-state index contributed by atoms with van der Waals surface area (Å²) in [5.74, 6) is -2.84. The van der Waals surface area contributed by atoms with E-state index in [1.165, 1.54) is 17.0 Å². The third-order valence-electron chi connectivity index (χ3n) is 6.05. The molecule has 0 saturated heterocycles. The van der Waals surface area contributed by atoms with Gasteiger partial charge in [-0.25, -0.2) is 13.6 Å². The summed E-state index contributed by atoms with van der Waals surface area (Å²) >= 11 is 9.75. The Hall–Kier alpha value is -3.18. The van der Waals surface area contributed by atoms with Crippen molar-refractivity contribution in [2.24, 2.45) is 0 Å². The summed E-state index contributed by atoms with van der Waals surface area (Å²) in [5, 5.41) is 5.46.